The fourth-order valence-electron chi connectivity index (χ4n) is 2.69. The Balaban J connectivity index is 1.76. The lowest BCUT2D eigenvalue weighted by Gasteiger charge is -2.30. The molecule has 2 aliphatic rings. The van der Waals surface area contributed by atoms with Crippen molar-refractivity contribution in [2.24, 2.45) is 0 Å². The predicted molar refractivity (Wildman–Crippen MR) is 72.5 cm³/mol. The highest BCUT2D eigenvalue weighted by Crippen LogP contribution is 2.41. The molecule has 0 aromatic heterocycles. The summed E-state index contributed by atoms with van der Waals surface area (Å²) < 4.78 is 5.28. The maximum Gasteiger partial charge on any atom is 0.0608 e. The Morgan fingerprint density at radius 2 is 2.18 bits per heavy atom. The van der Waals surface area contributed by atoms with Gasteiger partial charge in [-0.15, -0.1) is 11.8 Å². The third-order valence-corrected chi connectivity index (χ3v) is 5.03. The van der Waals surface area contributed by atoms with E-state index in [1.54, 1.807) is 0 Å². The molecule has 0 bridgehead atoms. The first-order valence-corrected chi connectivity index (χ1v) is 7.37. The van der Waals surface area contributed by atoms with E-state index < -0.39 is 0 Å². The monoisotopic (exact) mass is 249 g/mol. The van der Waals surface area contributed by atoms with E-state index in [0.717, 1.165) is 25.0 Å². The SMILES string of the molecule is CCNC1c2ccccc2CC1SC1COC1. The van der Waals surface area contributed by atoms with Gasteiger partial charge < -0.3 is 10.1 Å². The third kappa shape index (κ3) is 2.24. The predicted octanol–water partition coefficient (Wildman–Crippen LogP) is 2.39. The molecule has 1 aliphatic carbocycles. The van der Waals surface area contributed by atoms with Gasteiger partial charge in [-0.3, -0.25) is 0 Å². The first-order chi connectivity index (χ1) is 8.38. The molecule has 3 heteroatoms. The summed E-state index contributed by atoms with van der Waals surface area (Å²) in [6.07, 6.45) is 1.20. The molecule has 0 radical (unpaired) electrons. The highest BCUT2D eigenvalue weighted by molar-refractivity contribution is 8.00. The van der Waals surface area contributed by atoms with E-state index in [4.69, 9.17) is 4.74 Å². The van der Waals surface area contributed by atoms with Crippen LogP contribution in [0.4, 0.5) is 0 Å². The summed E-state index contributed by atoms with van der Waals surface area (Å²) in [6, 6.07) is 9.39. The van der Waals surface area contributed by atoms with Gasteiger partial charge in [-0.05, 0) is 24.1 Å². The molecule has 1 aromatic carbocycles. The van der Waals surface area contributed by atoms with E-state index in [9.17, 15) is 0 Å². The van der Waals surface area contributed by atoms with E-state index in [0.29, 0.717) is 11.3 Å². The van der Waals surface area contributed by atoms with Crippen LogP contribution in [0.25, 0.3) is 0 Å². The maximum absolute atomic E-state index is 5.28. The lowest BCUT2D eigenvalue weighted by molar-refractivity contribution is 0.0452. The zero-order valence-electron chi connectivity index (χ0n) is 10.2. The Kier molecular flexibility index (Phi) is 3.41. The highest BCUT2D eigenvalue weighted by Gasteiger charge is 2.35. The Morgan fingerprint density at radius 3 is 2.88 bits per heavy atom. The molecule has 0 amide bonds. The van der Waals surface area contributed by atoms with Crippen molar-refractivity contribution in [3.05, 3.63) is 35.4 Å². The molecule has 2 unspecified atom stereocenters. The summed E-state index contributed by atoms with van der Waals surface area (Å²) in [7, 11) is 0. The van der Waals surface area contributed by atoms with E-state index >= 15 is 0 Å². The van der Waals surface area contributed by atoms with E-state index in [1.165, 1.54) is 17.5 Å². The molecular formula is C14H19NOS. The van der Waals surface area contributed by atoms with Crippen LogP contribution in [0.15, 0.2) is 24.3 Å². The zero-order chi connectivity index (χ0) is 11.7. The van der Waals surface area contributed by atoms with Gasteiger partial charge in [-0.2, -0.15) is 0 Å². The van der Waals surface area contributed by atoms with Crippen LogP contribution in [-0.4, -0.2) is 30.3 Å². The van der Waals surface area contributed by atoms with E-state index in [2.05, 4.69) is 48.3 Å². The Morgan fingerprint density at radius 1 is 1.35 bits per heavy atom. The molecule has 0 spiro atoms. The van der Waals surface area contributed by atoms with Crippen molar-refractivity contribution in [1.29, 1.82) is 0 Å². The molecule has 17 heavy (non-hydrogen) atoms. The standard InChI is InChI=1S/C14H19NOS/c1-2-15-14-12-6-4-3-5-10(12)7-13(14)17-11-8-16-9-11/h3-6,11,13-15H,2,7-9H2,1H3. The number of rotatable bonds is 4. The summed E-state index contributed by atoms with van der Waals surface area (Å²) in [4.78, 5) is 0. The lowest BCUT2D eigenvalue weighted by atomic mass is 10.1. The van der Waals surface area contributed by atoms with E-state index in [1.807, 2.05) is 0 Å². The fourth-order valence-corrected chi connectivity index (χ4v) is 4.21. The molecule has 92 valence electrons. The number of nitrogens with one attached hydrogen (secondary N) is 1. The molecule has 0 saturated carbocycles. The Hall–Kier alpha value is -0.510. The molecule has 1 heterocycles. The maximum atomic E-state index is 5.28. The van der Waals surface area contributed by atoms with Gasteiger partial charge in [-0.1, -0.05) is 31.2 Å². The number of hydrogen-bond donors (Lipinski definition) is 1. The van der Waals surface area contributed by atoms with Crippen LogP contribution in [0.1, 0.15) is 24.1 Å². The van der Waals surface area contributed by atoms with Gasteiger partial charge >= 0.3 is 0 Å². The summed E-state index contributed by atoms with van der Waals surface area (Å²) in [5.41, 5.74) is 3.03. The third-order valence-electron chi connectivity index (χ3n) is 3.58. The van der Waals surface area contributed by atoms with Crippen LogP contribution < -0.4 is 5.32 Å². The summed E-state index contributed by atoms with van der Waals surface area (Å²) in [6.45, 7) is 5.11. The first kappa shape index (κ1) is 11.6. The molecule has 2 atom stereocenters. The largest absolute Gasteiger partial charge is 0.379 e. The smallest absolute Gasteiger partial charge is 0.0608 e. The average molecular weight is 249 g/mol. The van der Waals surface area contributed by atoms with E-state index in [-0.39, 0.29) is 0 Å². The quantitative estimate of drug-likeness (QED) is 0.885. The molecule has 1 aromatic rings. The van der Waals surface area contributed by atoms with Gasteiger partial charge in [0.1, 0.15) is 0 Å². The van der Waals surface area contributed by atoms with Crippen LogP contribution in [-0.2, 0) is 11.2 Å². The number of fused-ring (bicyclic) bond motifs is 1. The van der Waals surface area contributed by atoms with Crippen LogP contribution >= 0.6 is 11.8 Å². The second-order valence-electron chi connectivity index (χ2n) is 4.77. The zero-order valence-corrected chi connectivity index (χ0v) is 11.0. The summed E-state index contributed by atoms with van der Waals surface area (Å²) in [5.74, 6) is 0. The van der Waals surface area contributed by atoms with Crippen molar-refractivity contribution < 1.29 is 4.74 Å². The second-order valence-corrected chi connectivity index (χ2v) is 6.32. The van der Waals surface area contributed by atoms with Gasteiger partial charge in [0.2, 0.25) is 0 Å². The normalized spacial score (nSPS) is 27.8. The molecule has 2 nitrogen and oxygen atoms in total. The minimum atomic E-state index is 0.529. The molecule has 1 aliphatic heterocycles. The van der Waals surface area contributed by atoms with Crippen molar-refractivity contribution in [3.63, 3.8) is 0 Å². The molecular weight excluding hydrogens is 230 g/mol. The second kappa shape index (κ2) is 5.01. The fraction of sp³-hybridized carbons (Fsp3) is 0.571. The van der Waals surface area contributed by atoms with Crippen molar-refractivity contribution in [2.75, 3.05) is 19.8 Å². The number of thioether (sulfide) groups is 1. The number of hydrogen-bond acceptors (Lipinski definition) is 3. The Bertz CT molecular complexity index is 392. The Labute approximate surface area is 107 Å². The summed E-state index contributed by atoms with van der Waals surface area (Å²) >= 11 is 2.11. The molecule has 1 N–H and O–H groups in total. The molecule has 3 rings (SSSR count). The first-order valence-electron chi connectivity index (χ1n) is 6.43. The number of ether oxygens (including phenoxy) is 1. The topological polar surface area (TPSA) is 21.3 Å². The van der Waals surface area contributed by atoms with Gasteiger partial charge in [0.05, 0.1) is 18.5 Å². The summed E-state index contributed by atoms with van der Waals surface area (Å²) in [5, 5.41) is 5.04. The number of benzene rings is 1. The van der Waals surface area contributed by atoms with Crippen molar-refractivity contribution in [1.82, 2.24) is 5.32 Å². The van der Waals surface area contributed by atoms with Gasteiger partial charge in [0, 0.05) is 11.3 Å². The van der Waals surface area contributed by atoms with Crippen LogP contribution in [0, 0.1) is 0 Å². The lowest BCUT2D eigenvalue weighted by Crippen LogP contribution is -2.35. The minimum Gasteiger partial charge on any atom is -0.379 e. The van der Waals surface area contributed by atoms with Gasteiger partial charge in [-0.25, -0.2) is 0 Å². The van der Waals surface area contributed by atoms with Crippen molar-refractivity contribution in [3.8, 4) is 0 Å². The average Bonchev–Trinajstić information content (AvgIpc) is 2.63. The van der Waals surface area contributed by atoms with Crippen LogP contribution in [0.2, 0.25) is 0 Å². The van der Waals surface area contributed by atoms with Gasteiger partial charge in [0.25, 0.3) is 0 Å². The van der Waals surface area contributed by atoms with Crippen LogP contribution in [0.5, 0.6) is 0 Å². The van der Waals surface area contributed by atoms with Crippen LogP contribution in [0.3, 0.4) is 0 Å². The molecule has 1 fully saturated rings. The minimum absolute atomic E-state index is 0.529. The highest BCUT2D eigenvalue weighted by atomic mass is 32.2. The van der Waals surface area contributed by atoms with Gasteiger partial charge in [0.15, 0.2) is 0 Å². The van der Waals surface area contributed by atoms with Crippen molar-refractivity contribution >= 4 is 11.8 Å². The molecule has 1 saturated heterocycles. The van der Waals surface area contributed by atoms with Crippen molar-refractivity contribution in [2.45, 2.75) is 29.9 Å².